The molecule has 110 valence electrons. The number of pyridine rings is 1. The predicted octanol–water partition coefficient (Wildman–Crippen LogP) is 2.23. The Morgan fingerprint density at radius 2 is 1.71 bits per heavy atom. The van der Waals surface area contributed by atoms with Gasteiger partial charge in [0.05, 0.1) is 6.61 Å². The van der Waals surface area contributed by atoms with E-state index in [0.717, 1.165) is 16.7 Å². The molecule has 2 N–H and O–H groups in total. The van der Waals surface area contributed by atoms with Gasteiger partial charge in [-0.2, -0.15) is 0 Å². The minimum atomic E-state index is -0.191. The topological polar surface area (TPSA) is 63.2 Å². The Morgan fingerprint density at radius 1 is 1.05 bits per heavy atom. The predicted molar refractivity (Wildman–Crippen MR) is 80.5 cm³/mol. The first kappa shape index (κ1) is 15.0. The van der Waals surface area contributed by atoms with Crippen LogP contribution in [0, 0.1) is 0 Å². The zero-order chi connectivity index (χ0) is 14.9. The zero-order valence-corrected chi connectivity index (χ0v) is 12.0. The third kappa shape index (κ3) is 5.24. The number of rotatable bonds is 6. The molecule has 0 fully saturated rings. The number of hydrogen-bond donors (Lipinski definition) is 2. The van der Waals surface area contributed by atoms with Gasteiger partial charge in [0.1, 0.15) is 0 Å². The standard InChI is InChI=1S/C16H19N3O2/c1-21-12-15-4-2-3-14(9-15)11-19-16(20)18-10-13-5-7-17-8-6-13/h2-9H,10-12H2,1H3,(H2,18,19,20). The van der Waals surface area contributed by atoms with Gasteiger partial charge in [-0.05, 0) is 28.8 Å². The van der Waals surface area contributed by atoms with Crippen LogP contribution < -0.4 is 10.6 Å². The Morgan fingerprint density at radius 3 is 2.43 bits per heavy atom. The average Bonchev–Trinajstić information content (AvgIpc) is 2.53. The summed E-state index contributed by atoms with van der Waals surface area (Å²) in [6.07, 6.45) is 3.41. The van der Waals surface area contributed by atoms with Crippen molar-refractivity contribution in [2.75, 3.05) is 7.11 Å². The molecule has 1 aromatic heterocycles. The van der Waals surface area contributed by atoms with Crippen molar-refractivity contribution in [3.8, 4) is 0 Å². The summed E-state index contributed by atoms with van der Waals surface area (Å²) in [7, 11) is 1.66. The molecule has 2 aromatic rings. The van der Waals surface area contributed by atoms with Crippen molar-refractivity contribution in [2.45, 2.75) is 19.7 Å². The molecule has 0 radical (unpaired) electrons. The lowest BCUT2D eigenvalue weighted by Crippen LogP contribution is -2.34. The highest BCUT2D eigenvalue weighted by molar-refractivity contribution is 5.73. The van der Waals surface area contributed by atoms with Gasteiger partial charge in [0.2, 0.25) is 0 Å². The number of carbonyl (C=O) groups is 1. The van der Waals surface area contributed by atoms with Gasteiger partial charge in [0, 0.05) is 32.6 Å². The molecular formula is C16H19N3O2. The van der Waals surface area contributed by atoms with E-state index >= 15 is 0 Å². The molecule has 1 heterocycles. The highest BCUT2D eigenvalue weighted by Gasteiger charge is 2.01. The van der Waals surface area contributed by atoms with Gasteiger partial charge in [-0.1, -0.05) is 24.3 Å². The molecule has 5 nitrogen and oxygen atoms in total. The van der Waals surface area contributed by atoms with Gasteiger partial charge < -0.3 is 15.4 Å². The Balaban J connectivity index is 1.77. The second-order valence-electron chi connectivity index (χ2n) is 4.64. The SMILES string of the molecule is COCc1cccc(CNC(=O)NCc2ccncc2)c1. The minimum absolute atomic E-state index is 0.191. The molecule has 0 atom stereocenters. The van der Waals surface area contributed by atoms with Crippen molar-refractivity contribution >= 4 is 6.03 Å². The number of nitrogens with zero attached hydrogens (tertiary/aromatic N) is 1. The number of urea groups is 1. The number of carbonyl (C=O) groups excluding carboxylic acids is 1. The van der Waals surface area contributed by atoms with E-state index in [1.54, 1.807) is 19.5 Å². The lowest BCUT2D eigenvalue weighted by atomic mass is 10.1. The number of amides is 2. The fourth-order valence-corrected chi connectivity index (χ4v) is 1.92. The Kier molecular flexibility index (Phi) is 5.72. The summed E-state index contributed by atoms with van der Waals surface area (Å²) in [4.78, 5) is 15.7. The molecule has 0 bridgehead atoms. The van der Waals surface area contributed by atoms with Crippen molar-refractivity contribution in [1.82, 2.24) is 15.6 Å². The second-order valence-corrected chi connectivity index (χ2v) is 4.64. The summed E-state index contributed by atoms with van der Waals surface area (Å²) in [5, 5.41) is 5.64. The summed E-state index contributed by atoms with van der Waals surface area (Å²) < 4.78 is 5.09. The van der Waals surface area contributed by atoms with E-state index in [1.807, 2.05) is 36.4 Å². The van der Waals surface area contributed by atoms with Gasteiger partial charge in [-0.15, -0.1) is 0 Å². The first-order valence-corrected chi connectivity index (χ1v) is 6.75. The molecule has 0 saturated carbocycles. The lowest BCUT2D eigenvalue weighted by Gasteiger charge is -2.09. The molecule has 0 spiro atoms. The number of ether oxygens (including phenoxy) is 1. The Hall–Kier alpha value is -2.40. The van der Waals surface area contributed by atoms with Crippen LogP contribution in [0.2, 0.25) is 0 Å². The quantitative estimate of drug-likeness (QED) is 0.855. The van der Waals surface area contributed by atoms with Crippen LogP contribution in [0.5, 0.6) is 0 Å². The molecule has 0 aliphatic heterocycles. The summed E-state index contributed by atoms with van der Waals surface area (Å²) in [5.74, 6) is 0. The molecule has 0 unspecified atom stereocenters. The summed E-state index contributed by atoms with van der Waals surface area (Å²) >= 11 is 0. The van der Waals surface area contributed by atoms with E-state index in [4.69, 9.17) is 4.74 Å². The molecule has 2 rings (SSSR count). The Bertz CT molecular complexity index is 573. The van der Waals surface area contributed by atoms with Gasteiger partial charge in [0.25, 0.3) is 0 Å². The van der Waals surface area contributed by atoms with E-state index in [0.29, 0.717) is 19.7 Å². The normalized spacial score (nSPS) is 10.1. The number of methoxy groups -OCH3 is 1. The molecular weight excluding hydrogens is 266 g/mol. The summed E-state index contributed by atoms with van der Waals surface area (Å²) in [5.41, 5.74) is 3.15. The van der Waals surface area contributed by atoms with Crippen LogP contribution in [0.15, 0.2) is 48.8 Å². The van der Waals surface area contributed by atoms with Gasteiger partial charge in [-0.25, -0.2) is 4.79 Å². The van der Waals surface area contributed by atoms with Crippen LogP contribution in [0.1, 0.15) is 16.7 Å². The third-order valence-corrected chi connectivity index (χ3v) is 2.96. The van der Waals surface area contributed by atoms with Crippen molar-refractivity contribution in [2.24, 2.45) is 0 Å². The Labute approximate surface area is 124 Å². The highest BCUT2D eigenvalue weighted by Crippen LogP contribution is 2.06. The van der Waals surface area contributed by atoms with Crippen molar-refractivity contribution in [1.29, 1.82) is 0 Å². The molecule has 0 saturated heterocycles. The maximum Gasteiger partial charge on any atom is 0.315 e. The van der Waals surface area contributed by atoms with Crippen LogP contribution in [-0.2, 0) is 24.4 Å². The van der Waals surface area contributed by atoms with E-state index in [1.165, 1.54) is 0 Å². The van der Waals surface area contributed by atoms with Crippen LogP contribution in [0.3, 0.4) is 0 Å². The van der Waals surface area contributed by atoms with Crippen LogP contribution in [-0.4, -0.2) is 18.1 Å². The molecule has 21 heavy (non-hydrogen) atoms. The molecule has 0 aliphatic rings. The van der Waals surface area contributed by atoms with E-state index < -0.39 is 0 Å². The smallest absolute Gasteiger partial charge is 0.315 e. The van der Waals surface area contributed by atoms with Gasteiger partial charge >= 0.3 is 6.03 Å². The largest absolute Gasteiger partial charge is 0.380 e. The third-order valence-electron chi connectivity index (χ3n) is 2.96. The fraction of sp³-hybridized carbons (Fsp3) is 0.250. The van der Waals surface area contributed by atoms with Crippen molar-refractivity contribution in [3.63, 3.8) is 0 Å². The molecule has 5 heteroatoms. The van der Waals surface area contributed by atoms with E-state index in [9.17, 15) is 4.79 Å². The summed E-state index contributed by atoms with van der Waals surface area (Å²) in [6, 6.07) is 11.5. The van der Waals surface area contributed by atoms with Crippen molar-refractivity contribution < 1.29 is 9.53 Å². The number of hydrogen-bond acceptors (Lipinski definition) is 3. The van der Waals surface area contributed by atoms with E-state index in [-0.39, 0.29) is 6.03 Å². The first-order chi connectivity index (χ1) is 10.3. The molecule has 2 amide bonds. The second kappa shape index (κ2) is 8.01. The monoisotopic (exact) mass is 285 g/mol. The average molecular weight is 285 g/mol. The van der Waals surface area contributed by atoms with E-state index in [2.05, 4.69) is 15.6 Å². The maximum atomic E-state index is 11.7. The lowest BCUT2D eigenvalue weighted by molar-refractivity contribution is 0.185. The van der Waals surface area contributed by atoms with Gasteiger partial charge in [-0.3, -0.25) is 4.98 Å². The number of benzene rings is 1. The first-order valence-electron chi connectivity index (χ1n) is 6.75. The van der Waals surface area contributed by atoms with Gasteiger partial charge in [0.15, 0.2) is 0 Å². The maximum absolute atomic E-state index is 11.7. The molecule has 1 aromatic carbocycles. The number of nitrogens with one attached hydrogen (secondary N) is 2. The minimum Gasteiger partial charge on any atom is -0.380 e. The van der Waals surface area contributed by atoms with Crippen molar-refractivity contribution in [3.05, 3.63) is 65.5 Å². The molecule has 0 aliphatic carbocycles. The highest BCUT2D eigenvalue weighted by atomic mass is 16.5. The number of aromatic nitrogens is 1. The van der Waals surface area contributed by atoms with Crippen LogP contribution >= 0.6 is 0 Å². The zero-order valence-electron chi connectivity index (χ0n) is 12.0. The summed E-state index contributed by atoms with van der Waals surface area (Å²) in [6.45, 7) is 1.54. The van der Waals surface area contributed by atoms with Crippen LogP contribution in [0.25, 0.3) is 0 Å². The fourth-order valence-electron chi connectivity index (χ4n) is 1.92. The van der Waals surface area contributed by atoms with Crippen LogP contribution in [0.4, 0.5) is 4.79 Å².